The minimum Gasteiger partial charge on any atom is -0.496 e. The van der Waals surface area contributed by atoms with E-state index in [1.54, 1.807) is 7.11 Å². The van der Waals surface area contributed by atoms with Gasteiger partial charge in [-0.15, -0.1) is 0 Å². The van der Waals surface area contributed by atoms with E-state index in [1.807, 2.05) is 0 Å². The zero-order valence-corrected chi connectivity index (χ0v) is 13.0. The largest absolute Gasteiger partial charge is 0.496 e. The van der Waals surface area contributed by atoms with Crippen LogP contribution in [-0.4, -0.2) is 7.11 Å². The summed E-state index contributed by atoms with van der Waals surface area (Å²) in [7, 11) is 1.73. The van der Waals surface area contributed by atoms with E-state index in [-0.39, 0.29) is 6.04 Å². The Morgan fingerprint density at radius 3 is 2.42 bits per heavy atom. The number of methoxy groups -OCH3 is 1. The van der Waals surface area contributed by atoms with Crippen molar-refractivity contribution in [2.24, 2.45) is 5.73 Å². The molecular formula is C17H29NO. The van der Waals surface area contributed by atoms with Crippen LogP contribution in [0.25, 0.3) is 0 Å². The number of nitrogens with two attached hydrogens (primary N) is 1. The summed E-state index contributed by atoms with van der Waals surface area (Å²) in [6.07, 6.45) is 7.49. The highest BCUT2D eigenvalue weighted by atomic mass is 16.5. The van der Waals surface area contributed by atoms with Crippen molar-refractivity contribution in [2.75, 3.05) is 7.11 Å². The molecule has 2 nitrogen and oxygen atoms in total. The lowest BCUT2D eigenvalue weighted by molar-refractivity contribution is 0.402. The molecule has 0 aliphatic carbocycles. The summed E-state index contributed by atoms with van der Waals surface area (Å²) < 4.78 is 5.49. The molecule has 19 heavy (non-hydrogen) atoms. The predicted molar refractivity (Wildman–Crippen MR) is 82.8 cm³/mol. The molecule has 2 N–H and O–H groups in total. The zero-order chi connectivity index (χ0) is 14.3. The molecule has 1 unspecified atom stereocenters. The Kier molecular flexibility index (Phi) is 6.93. The van der Waals surface area contributed by atoms with E-state index in [0.717, 1.165) is 12.2 Å². The molecular weight excluding hydrogens is 234 g/mol. The summed E-state index contributed by atoms with van der Waals surface area (Å²) in [4.78, 5) is 0. The number of ether oxygens (including phenoxy) is 1. The number of aryl methyl sites for hydroxylation is 2. The smallest absolute Gasteiger partial charge is 0.124 e. The standard InChI is InChI=1S/C17H29NO/c1-5-6-7-8-9-10-15(18)17-14(3)11-13(2)12-16(17)19-4/h11-12,15H,5-10,18H2,1-4H3. The normalized spacial score (nSPS) is 12.5. The van der Waals surface area contributed by atoms with E-state index < -0.39 is 0 Å². The van der Waals surface area contributed by atoms with Crippen molar-refractivity contribution < 1.29 is 4.74 Å². The van der Waals surface area contributed by atoms with E-state index in [0.29, 0.717) is 0 Å². The van der Waals surface area contributed by atoms with Gasteiger partial charge < -0.3 is 10.5 Å². The first-order chi connectivity index (χ1) is 9.10. The van der Waals surface area contributed by atoms with Crippen LogP contribution in [0.5, 0.6) is 5.75 Å². The fourth-order valence-corrected chi connectivity index (χ4v) is 2.70. The van der Waals surface area contributed by atoms with Crippen molar-refractivity contribution in [1.29, 1.82) is 0 Å². The number of benzene rings is 1. The average molecular weight is 263 g/mol. The first-order valence-corrected chi connectivity index (χ1v) is 7.50. The van der Waals surface area contributed by atoms with Crippen molar-refractivity contribution in [2.45, 2.75) is 65.3 Å². The van der Waals surface area contributed by atoms with Crippen LogP contribution in [0.15, 0.2) is 12.1 Å². The van der Waals surface area contributed by atoms with Crippen LogP contribution in [0, 0.1) is 13.8 Å². The summed E-state index contributed by atoms with van der Waals surface area (Å²) in [6.45, 7) is 6.46. The monoisotopic (exact) mass is 263 g/mol. The van der Waals surface area contributed by atoms with E-state index >= 15 is 0 Å². The van der Waals surface area contributed by atoms with Gasteiger partial charge in [-0.25, -0.2) is 0 Å². The zero-order valence-electron chi connectivity index (χ0n) is 13.0. The van der Waals surface area contributed by atoms with Crippen LogP contribution in [-0.2, 0) is 0 Å². The first kappa shape index (κ1) is 16.0. The van der Waals surface area contributed by atoms with E-state index in [1.165, 1.54) is 48.8 Å². The lowest BCUT2D eigenvalue weighted by atomic mass is 9.94. The van der Waals surface area contributed by atoms with Crippen LogP contribution in [0.2, 0.25) is 0 Å². The predicted octanol–water partition coefficient (Wildman–Crippen LogP) is 4.67. The third-order valence-corrected chi connectivity index (χ3v) is 3.70. The molecule has 0 fully saturated rings. The molecule has 0 aliphatic rings. The summed E-state index contributed by atoms with van der Waals surface area (Å²) in [6, 6.07) is 4.37. The Labute approximate surface area is 118 Å². The molecule has 0 amide bonds. The van der Waals surface area contributed by atoms with E-state index in [2.05, 4.69) is 32.9 Å². The van der Waals surface area contributed by atoms with Crippen LogP contribution >= 0.6 is 0 Å². The maximum atomic E-state index is 6.36. The second kappa shape index (κ2) is 8.21. The van der Waals surface area contributed by atoms with Gasteiger partial charge >= 0.3 is 0 Å². The molecule has 0 aromatic heterocycles. The van der Waals surface area contributed by atoms with Crippen LogP contribution < -0.4 is 10.5 Å². The summed E-state index contributed by atoms with van der Waals surface area (Å²) in [5.41, 5.74) is 10.0. The summed E-state index contributed by atoms with van der Waals surface area (Å²) in [5, 5.41) is 0. The van der Waals surface area contributed by atoms with Gasteiger partial charge in [-0.1, -0.05) is 45.1 Å². The minimum absolute atomic E-state index is 0.0946. The lowest BCUT2D eigenvalue weighted by Crippen LogP contribution is -2.13. The van der Waals surface area contributed by atoms with Gasteiger partial charge in [0, 0.05) is 11.6 Å². The van der Waals surface area contributed by atoms with Crippen molar-refractivity contribution in [3.8, 4) is 5.75 Å². The van der Waals surface area contributed by atoms with E-state index in [4.69, 9.17) is 10.5 Å². The Bertz CT molecular complexity index is 387. The van der Waals surface area contributed by atoms with Gasteiger partial charge in [0.1, 0.15) is 5.75 Å². The van der Waals surface area contributed by atoms with Gasteiger partial charge in [-0.2, -0.15) is 0 Å². The van der Waals surface area contributed by atoms with Crippen LogP contribution in [0.3, 0.4) is 0 Å². The molecule has 2 heteroatoms. The third kappa shape index (κ3) is 4.87. The van der Waals surface area contributed by atoms with Gasteiger partial charge in [-0.05, 0) is 37.5 Å². The Morgan fingerprint density at radius 1 is 1.11 bits per heavy atom. The highest BCUT2D eigenvalue weighted by Gasteiger charge is 2.15. The van der Waals surface area contributed by atoms with Gasteiger partial charge in [0.25, 0.3) is 0 Å². The average Bonchev–Trinajstić information content (AvgIpc) is 2.37. The quantitative estimate of drug-likeness (QED) is 0.692. The number of hydrogen-bond donors (Lipinski definition) is 1. The number of hydrogen-bond acceptors (Lipinski definition) is 2. The van der Waals surface area contributed by atoms with Crippen molar-refractivity contribution in [1.82, 2.24) is 0 Å². The summed E-state index contributed by atoms with van der Waals surface area (Å²) >= 11 is 0. The molecule has 1 rings (SSSR count). The Hall–Kier alpha value is -1.02. The molecule has 0 bridgehead atoms. The minimum atomic E-state index is 0.0946. The molecule has 0 aliphatic heterocycles. The Morgan fingerprint density at radius 2 is 1.79 bits per heavy atom. The maximum Gasteiger partial charge on any atom is 0.124 e. The number of unbranched alkanes of at least 4 members (excludes halogenated alkanes) is 4. The second-order valence-electron chi connectivity index (χ2n) is 5.51. The maximum absolute atomic E-state index is 6.36. The number of rotatable bonds is 8. The van der Waals surface area contributed by atoms with Gasteiger partial charge in [0.2, 0.25) is 0 Å². The highest BCUT2D eigenvalue weighted by Crippen LogP contribution is 2.31. The molecule has 0 radical (unpaired) electrons. The van der Waals surface area contributed by atoms with Crippen LogP contribution in [0.4, 0.5) is 0 Å². The van der Waals surface area contributed by atoms with Crippen molar-refractivity contribution in [3.63, 3.8) is 0 Å². The summed E-state index contributed by atoms with van der Waals surface area (Å²) in [5.74, 6) is 0.943. The molecule has 1 atom stereocenters. The fraction of sp³-hybridized carbons (Fsp3) is 0.647. The molecule has 0 saturated heterocycles. The highest BCUT2D eigenvalue weighted by molar-refractivity contribution is 5.44. The van der Waals surface area contributed by atoms with Crippen LogP contribution in [0.1, 0.15) is 68.2 Å². The SMILES string of the molecule is CCCCCCCC(N)c1c(C)cc(C)cc1OC. The van der Waals surface area contributed by atoms with Crippen molar-refractivity contribution in [3.05, 3.63) is 28.8 Å². The molecule has 0 saturated carbocycles. The topological polar surface area (TPSA) is 35.2 Å². The van der Waals surface area contributed by atoms with Gasteiger partial charge in [0.15, 0.2) is 0 Å². The molecule has 0 heterocycles. The Balaban J connectivity index is 2.63. The molecule has 0 spiro atoms. The lowest BCUT2D eigenvalue weighted by Gasteiger charge is -2.19. The molecule has 1 aromatic carbocycles. The fourth-order valence-electron chi connectivity index (χ4n) is 2.70. The van der Waals surface area contributed by atoms with Gasteiger partial charge in [-0.3, -0.25) is 0 Å². The first-order valence-electron chi connectivity index (χ1n) is 7.50. The van der Waals surface area contributed by atoms with Crippen molar-refractivity contribution >= 4 is 0 Å². The molecule has 108 valence electrons. The second-order valence-corrected chi connectivity index (χ2v) is 5.51. The van der Waals surface area contributed by atoms with Gasteiger partial charge in [0.05, 0.1) is 7.11 Å². The van der Waals surface area contributed by atoms with E-state index in [9.17, 15) is 0 Å². The third-order valence-electron chi connectivity index (χ3n) is 3.70. The molecule has 1 aromatic rings.